The van der Waals surface area contributed by atoms with E-state index in [1.807, 2.05) is 13.0 Å². The van der Waals surface area contributed by atoms with Crippen molar-refractivity contribution in [2.24, 2.45) is 5.73 Å². The largest absolute Gasteiger partial charge is 0.387 e. The van der Waals surface area contributed by atoms with Gasteiger partial charge in [0.15, 0.2) is 5.65 Å². The highest BCUT2D eigenvalue weighted by atomic mass is 16.3. The molecule has 3 N–H and O–H groups in total. The zero-order valence-electron chi connectivity index (χ0n) is 9.46. The number of rotatable bonds is 3. The van der Waals surface area contributed by atoms with Gasteiger partial charge in [0.1, 0.15) is 0 Å². The molecule has 2 aromatic rings. The second-order valence-electron chi connectivity index (χ2n) is 3.98. The molecule has 86 valence electrons. The molecule has 2 aromatic heterocycles. The van der Waals surface area contributed by atoms with E-state index < -0.39 is 6.10 Å². The molecular weight excluding hydrogens is 204 g/mol. The van der Waals surface area contributed by atoms with Crippen molar-refractivity contribution in [2.75, 3.05) is 0 Å². The SMILES string of the molecule is CCc1cc2ncc(C(O)C(C)N)cn2n1. The van der Waals surface area contributed by atoms with Gasteiger partial charge in [-0.1, -0.05) is 6.92 Å². The van der Waals surface area contributed by atoms with Crippen LogP contribution in [0.3, 0.4) is 0 Å². The minimum Gasteiger partial charge on any atom is -0.387 e. The Bertz CT molecular complexity index is 492. The van der Waals surface area contributed by atoms with Crippen LogP contribution < -0.4 is 5.73 Å². The summed E-state index contributed by atoms with van der Waals surface area (Å²) in [6, 6.07) is 1.61. The first-order valence-corrected chi connectivity index (χ1v) is 5.39. The number of aromatic nitrogens is 3. The summed E-state index contributed by atoms with van der Waals surface area (Å²) in [6.45, 7) is 3.80. The van der Waals surface area contributed by atoms with E-state index in [1.165, 1.54) is 0 Å². The van der Waals surface area contributed by atoms with Crippen molar-refractivity contribution in [1.82, 2.24) is 14.6 Å². The molecule has 0 radical (unpaired) electrons. The van der Waals surface area contributed by atoms with E-state index in [2.05, 4.69) is 10.1 Å². The summed E-state index contributed by atoms with van der Waals surface area (Å²) in [5.74, 6) is 0. The average molecular weight is 220 g/mol. The summed E-state index contributed by atoms with van der Waals surface area (Å²) < 4.78 is 1.68. The zero-order valence-corrected chi connectivity index (χ0v) is 9.46. The van der Waals surface area contributed by atoms with E-state index in [9.17, 15) is 5.11 Å². The monoisotopic (exact) mass is 220 g/mol. The van der Waals surface area contributed by atoms with Crippen molar-refractivity contribution < 1.29 is 5.11 Å². The smallest absolute Gasteiger partial charge is 0.155 e. The van der Waals surface area contributed by atoms with Crippen LogP contribution in [0, 0.1) is 0 Å². The lowest BCUT2D eigenvalue weighted by Crippen LogP contribution is -2.24. The second kappa shape index (κ2) is 4.19. The third-order valence-corrected chi connectivity index (χ3v) is 2.59. The molecule has 0 aliphatic heterocycles. The van der Waals surface area contributed by atoms with Gasteiger partial charge in [0.25, 0.3) is 0 Å². The highest BCUT2D eigenvalue weighted by Crippen LogP contribution is 2.15. The molecule has 16 heavy (non-hydrogen) atoms. The van der Waals surface area contributed by atoms with Gasteiger partial charge in [0.2, 0.25) is 0 Å². The first kappa shape index (κ1) is 11.0. The van der Waals surface area contributed by atoms with E-state index >= 15 is 0 Å². The Morgan fingerprint density at radius 1 is 1.56 bits per heavy atom. The van der Waals surface area contributed by atoms with E-state index in [1.54, 1.807) is 23.8 Å². The van der Waals surface area contributed by atoms with Crippen LogP contribution in [0.5, 0.6) is 0 Å². The van der Waals surface area contributed by atoms with Gasteiger partial charge < -0.3 is 10.8 Å². The predicted octanol–water partition coefficient (Wildman–Crippen LogP) is 0.672. The van der Waals surface area contributed by atoms with Gasteiger partial charge in [-0.2, -0.15) is 5.10 Å². The van der Waals surface area contributed by atoms with E-state index in [0.29, 0.717) is 5.56 Å². The van der Waals surface area contributed by atoms with Crippen LogP contribution in [-0.2, 0) is 6.42 Å². The Balaban J connectivity index is 2.43. The molecule has 5 nitrogen and oxygen atoms in total. The summed E-state index contributed by atoms with van der Waals surface area (Å²) in [5, 5.41) is 14.2. The highest BCUT2D eigenvalue weighted by molar-refractivity contribution is 5.39. The number of hydrogen-bond donors (Lipinski definition) is 2. The molecule has 0 saturated heterocycles. The lowest BCUT2D eigenvalue weighted by atomic mass is 10.1. The van der Waals surface area contributed by atoms with Crippen LogP contribution in [0.2, 0.25) is 0 Å². The zero-order chi connectivity index (χ0) is 11.7. The molecule has 0 fully saturated rings. The first-order valence-electron chi connectivity index (χ1n) is 5.39. The number of aliphatic hydroxyl groups excluding tert-OH is 1. The maximum absolute atomic E-state index is 9.82. The maximum atomic E-state index is 9.82. The minimum atomic E-state index is -0.703. The molecule has 0 aliphatic rings. The van der Waals surface area contributed by atoms with Gasteiger partial charge in [-0.05, 0) is 13.3 Å². The highest BCUT2D eigenvalue weighted by Gasteiger charge is 2.14. The summed E-state index contributed by atoms with van der Waals surface area (Å²) >= 11 is 0. The topological polar surface area (TPSA) is 76.4 Å². The standard InChI is InChI=1S/C11H16N4O/c1-3-9-4-10-13-5-8(6-15(10)14-9)11(16)7(2)12/h4-7,11,16H,3,12H2,1-2H3. The first-order chi connectivity index (χ1) is 7.61. The molecule has 2 atom stereocenters. The number of fused-ring (bicyclic) bond motifs is 1. The van der Waals surface area contributed by atoms with Crippen molar-refractivity contribution in [2.45, 2.75) is 32.4 Å². The van der Waals surface area contributed by atoms with Gasteiger partial charge >= 0.3 is 0 Å². The Kier molecular flexibility index (Phi) is 2.89. The number of hydrogen-bond acceptors (Lipinski definition) is 4. The molecule has 2 heterocycles. The molecule has 0 bridgehead atoms. The van der Waals surface area contributed by atoms with Crippen molar-refractivity contribution in [3.63, 3.8) is 0 Å². The number of nitrogens with zero attached hydrogens (tertiary/aromatic N) is 3. The second-order valence-corrected chi connectivity index (χ2v) is 3.98. The number of aryl methyl sites for hydroxylation is 1. The fraction of sp³-hybridized carbons (Fsp3) is 0.455. The molecule has 2 unspecified atom stereocenters. The Hall–Kier alpha value is -1.46. The molecule has 0 aromatic carbocycles. The van der Waals surface area contributed by atoms with Gasteiger partial charge in [0, 0.05) is 30.1 Å². The van der Waals surface area contributed by atoms with Crippen LogP contribution in [-0.4, -0.2) is 25.7 Å². The van der Waals surface area contributed by atoms with Gasteiger partial charge in [0.05, 0.1) is 11.8 Å². The van der Waals surface area contributed by atoms with Crippen LogP contribution in [0.25, 0.3) is 5.65 Å². The summed E-state index contributed by atoms with van der Waals surface area (Å²) in [7, 11) is 0. The van der Waals surface area contributed by atoms with Crippen molar-refractivity contribution in [1.29, 1.82) is 0 Å². The quantitative estimate of drug-likeness (QED) is 0.797. The van der Waals surface area contributed by atoms with Crippen LogP contribution in [0.15, 0.2) is 18.5 Å². The Labute approximate surface area is 93.9 Å². The number of nitrogens with two attached hydrogens (primary N) is 1. The normalized spacial score (nSPS) is 15.2. The molecule has 0 amide bonds. The van der Waals surface area contributed by atoms with E-state index in [-0.39, 0.29) is 6.04 Å². The van der Waals surface area contributed by atoms with Gasteiger partial charge in [-0.3, -0.25) is 0 Å². The fourth-order valence-corrected chi connectivity index (χ4v) is 1.57. The van der Waals surface area contributed by atoms with Gasteiger partial charge in [-0.15, -0.1) is 0 Å². The summed E-state index contributed by atoms with van der Waals surface area (Å²) in [6.07, 6.45) is 3.58. The Morgan fingerprint density at radius 3 is 2.94 bits per heavy atom. The Morgan fingerprint density at radius 2 is 2.31 bits per heavy atom. The fourth-order valence-electron chi connectivity index (χ4n) is 1.57. The van der Waals surface area contributed by atoms with Gasteiger partial charge in [-0.25, -0.2) is 9.50 Å². The molecule has 0 aliphatic carbocycles. The lowest BCUT2D eigenvalue weighted by Gasteiger charge is -2.13. The molecular formula is C11H16N4O. The van der Waals surface area contributed by atoms with Crippen LogP contribution >= 0.6 is 0 Å². The molecule has 0 saturated carbocycles. The van der Waals surface area contributed by atoms with Crippen molar-refractivity contribution in [3.05, 3.63) is 29.7 Å². The van der Waals surface area contributed by atoms with Crippen LogP contribution in [0.4, 0.5) is 0 Å². The summed E-state index contributed by atoms with van der Waals surface area (Å²) in [5.41, 5.74) is 8.10. The minimum absolute atomic E-state index is 0.319. The predicted molar refractivity (Wildman–Crippen MR) is 61.0 cm³/mol. The van der Waals surface area contributed by atoms with E-state index in [0.717, 1.165) is 17.8 Å². The third-order valence-electron chi connectivity index (χ3n) is 2.59. The number of aliphatic hydroxyl groups is 1. The maximum Gasteiger partial charge on any atom is 0.155 e. The van der Waals surface area contributed by atoms with E-state index in [4.69, 9.17) is 5.73 Å². The lowest BCUT2D eigenvalue weighted by molar-refractivity contribution is 0.152. The van der Waals surface area contributed by atoms with Crippen molar-refractivity contribution >= 4 is 5.65 Å². The summed E-state index contributed by atoms with van der Waals surface area (Å²) in [4.78, 5) is 4.24. The average Bonchev–Trinajstić information content (AvgIpc) is 2.69. The third kappa shape index (κ3) is 1.91. The van der Waals surface area contributed by atoms with Crippen LogP contribution in [0.1, 0.15) is 31.2 Å². The molecule has 5 heteroatoms. The molecule has 0 spiro atoms. The van der Waals surface area contributed by atoms with Crippen molar-refractivity contribution in [3.8, 4) is 0 Å². The molecule has 2 rings (SSSR count).